The molecule has 2 rings (SSSR count). The second-order valence-electron chi connectivity index (χ2n) is 3.71. The highest BCUT2D eigenvalue weighted by atomic mass is 35.5. The molecule has 0 aromatic carbocycles. The number of hydrogen-bond acceptors (Lipinski definition) is 4. The summed E-state index contributed by atoms with van der Waals surface area (Å²) < 4.78 is 0.637. The molecule has 80 valence electrons. The number of halogens is 1. The molecule has 1 aromatic heterocycles. The standard InChI is InChI=1S/C10H12ClN3S/c11-9-6-13-10(15-9)8(5-12)14-7-3-1-2-4-7/h6-8,14H,1-4H2. The molecule has 0 saturated heterocycles. The second-order valence-corrected chi connectivity index (χ2v) is 5.41. The molecule has 1 aliphatic rings. The van der Waals surface area contributed by atoms with Crippen LogP contribution in [0.15, 0.2) is 6.20 Å². The van der Waals surface area contributed by atoms with E-state index in [0.717, 1.165) is 17.8 Å². The number of aromatic nitrogens is 1. The van der Waals surface area contributed by atoms with E-state index < -0.39 is 0 Å². The van der Waals surface area contributed by atoms with Gasteiger partial charge in [-0.15, -0.1) is 11.3 Å². The van der Waals surface area contributed by atoms with Gasteiger partial charge in [0.2, 0.25) is 0 Å². The average molecular weight is 242 g/mol. The van der Waals surface area contributed by atoms with Crippen LogP contribution in [0.5, 0.6) is 0 Å². The molecular formula is C10H12ClN3S. The SMILES string of the molecule is N#CC(NC1CCCC1)c1ncc(Cl)s1. The predicted octanol–water partition coefficient (Wildman–Crippen LogP) is 2.89. The smallest absolute Gasteiger partial charge is 0.148 e. The van der Waals surface area contributed by atoms with Crippen LogP contribution in [0.3, 0.4) is 0 Å². The van der Waals surface area contributed by atoms with Gasteiger partial charge in [0.25, 0.3) is 0 Å². The number of nitriles is 1. The summed E-state index contributed by atoms with van der Waals surface area (Å²) in [5, 5.41) is 13.2. The van der Waals surface area contributed by atoms with Gasteiger partial charge in [-0.05, 0) is 12.8 Å². The van der Waals surface area contributed by atoms with Gasteiger partial charge in [0.05, 0.1) is 12.3 Å². The van der Waals surface area contributed by atoms with Crippen LogP contribution in [-0.2, 0) is 0 Å². The fourth-order valence-electron chi connectivity index (χ4n) is 1.89. The molecule has 0 bridgehead atoms. The molecule has 1 atom stereocenters. The second kappa shape index (κ2) is 4.93. The fraction of sp³-hybridized carbons (Fsp3) is 0.600. The number of hydrogen-bond donors (Lipinski definition) is 1. The summed E-state index contributed by atoms with van der Waals surface area (Å²) in [6.07, 6.45) is 6.44. The maximum atomic E-state index is 9.06. The van der Waals surface area contributed by atoms with Crippen molar-refractivity contribution < 1.29 is 0 Å². The van der Waals surface area contributed by atoms with Gasteiger partial charge in [0.15, 0.2) is 0 Å². The van der Waals surface area contributed by atoms with E-state index in [1.165, 1.54) is 24.2 Å². The third-order valence-corrected chi connectivity index (χ3v) is 3.81. The Hall–Kier alpha value is -0.630. The summed E-state index contributed by atoms with van der Waals surface area (Å²) >= 11 is 7.17. The van der Waals surface area contributed by atoms with Crippen molar-refractivity contribution in [1.29, 1.82) is 5.26 Å². The van der Waals surface area contributed by atoms with Crippen LogP contribution in [0.4, 0.5) is 0 Å². The molecular weight excluding hydrogens is 230 g/mol. The van der Waals surface area contributed by atoms with E-state index >= 15 is 0 Å². The van der Waals surface area contributed by atoms with E-state index in [4.69, 9.17) is 16.9 Å². The third kappa shape index (κ3) is 2.69. The maximum absolute atomic E-state index is 9.06. The summed E-state index contributed by atoms with van der Waals surface area (Å²) in [4.78, 5) is 4.13. The summed E-state index contributed by atoms with van der Waals surface area (Å²) in [7, 11) is 0. The van der Waals surface area contributed by atoms with Crippen molar-refractivity contribution in [2.24, 2.45) is 0 Å². The van der Waals surface area contributed by atoms with Gasteiger partial charge in [0, 0.05) is 6.04 Å². The molecule has 0 amide bonds. The average Bonchev–Trinajstić information content (AvgIpc) is 2.85. The van der Waals surface area contributed by atoms with E-state index in [0.29, 0.717) is 10.4 Å². The molecule has 1 unspecified atom stereocenters. The molecule has 0 spiro atoms. The lowest BCUT2D eigenvalue weighted by molar-refractivity contribution is 0.491. The molecule has 3 nitrogen and oxygen atoms in total. The van der Waals surface area contributed by atoms with Crippen LogP contribution >= 0.6 is 22.9 Å². The largest absolute Gasteiger partial charge is 0.293 e. The molecule has 1 aliphatic carbocycles. The Kier molecular flexibility index (Phi) is 3.57. The molecule has 15 heavy (non-hydrogen) atoms. The third-order valence-electron chi connectivity index (χ3n) is 2.63. The lowest BCUT2D eigenvalue weighted by atomic mass is 10.2. The van der Waals surface area contributed by atoms with Gasteiger partial charge in [-0.2, -0.15) is 5.26 Å². The van der Waals surface area contributed by atoms with Crippen molar-refractivity contribution in [3.05, 3.63) is 15.5 Å². The van der Waals surface area contributed by atoms with Crippen LogP contribution in [0.25, 0.3) is 0 Å². The van der Waals surface area contributed by atoms with E-state index in [-0.39, 0.29) is 6.04 Å². The van der Waals surface area contributed by atoms with Crippen molar-refractivity contribution in [2.45, 2.75) is 37.8 Å². The number of nitrogens with zero attached hydrogens (tertiary/aromatic N) is 2. The summed E-state index contributed by atoms with van der Waals surface area (Å²) in [5.74, 6) is 0. The Morgan fingerprint density at radius 1 is 1.60 bits per heavy atom. The van der Waals surface area contributed by atoms with Crippen LogP contribution in [0.1, 0.15) is 36.7 Å². The van der Waals surface area contributed by atoms with Gasteiger partial charge in [0.1, 0.15) is 15.4 Å². The quantitative estimate of drug-likeness (QED) is 0.885. The van der Waals surface area contributed by atoms with E-state index in [1.807, 2.05) is 0 Å². The van der Waals surface area contributed by atoms with E-state index in [2.05, 4.69) is 16.4 Å². The van der Waals surface area contributed by atoms with Gasteiger partial charge < -0.3 is 0 Å². The fourth-order valence-corrected chi connectivity index (χ4v) is 2.83. The minimum Gasteiger partial charge on any atom is -0.293 e. The summed E-state index contributed by atoms with van der Waals surface area (Å²) in [6, 6.07) is 2.41. The normalized spacial score (nSPS) is 18.9. The van der Waals surface area contributed by atoms with E-state index in [9.17, 15) is 0 Å². The highest BCUT2D eigenvalue weighted by Crippen LogP contribution is 2.26. The Labute approximate surface area is 98.1 Å². The molecule has 1 heterocycles. The Bertz CT molecular complexity index is 365. The highest BCUT2D eigenvalue weighted by Gasteiger charge is 2.21. The number of rotatable bonds is 3. The molecule has 1 aromatic rings. The minimum atomic E-state index is -0.300. The summed E-state index contributed by atoms with van der Waals surface area (Å²) in [6.45, 7) is 0. The zero-order valence-corrected chi connectivity index (χ0v) is 9.81. The summed E-state index contributed by atoms with van der Waals surface area (Å²) in [5.41, 5.74) is 0. The first kappa shape index (κ1) is 10.9. The lowest BCUT2D eigenvalue weighted by Gasteiger charge is -2.14. The minimum absolute atomic E-state index is 0.300. The van der Waals surface area contributed by atoms with Gasteiger partial charge in [-0.3, -0.25) is 5.32 Å². The molecule has 5 heteroatoms. The molecule has 1 fully saturated rings. The first-order valence-corrected chi connectivity index (χ1v) is 6.26. The van der Waals surface area contributed by atoms with Crippen molar-refractivity contribution in [2.75, 3.05) is 0 Å². The van der Waals surface area contributed by atoms with Crippen molar-refractivity contribution in [3.63, 3.8) is 0 Å². The van der Waals surface area contributed by atoms with E-state index in [1.54, 1.807) is 6.20 Å². The van der Waals surface area contributed by atoms with Crippen LogP contribution in [-0.4, -0.2) is 11.0 Å². The van der Waals surface area contributed by atoms with Gasteiger partial charge in [-0.1, -0.05) is 24.4 Å². The Morgan fingerprint density at radius 3 is 2.87 bits per heavy atom. The lowest BCUT2D eigenvalue weighted by Crippen LogP contribution is -2.29. The Balaban J connectivity index is 2.01. The molecule has 0 radical (unpaired) electrons. The monoisotopic (exact) mass is 241 g/mol. The first-order valence-electron chi connectivity index (χ1n) is 5.06. The number of thiazole rings is 1. The van der Waals surface area contributed by atoms with Gasteiger partial charge >= 0.3 is 0 Å². The topological polar surface area (TPSA) is 48.7 Å². The number of nitrogens with one attached hydrogen (secondary N) is 1. The highest BCUT2D eigenvalue weighted by molar-refractivity contribution is 7.15. The van der Waals surface area contributed by atoms with Crippen LogP contribution in [0, 0.1) is 11.3 Å². The zero-order chi connectivity index (χ0) is 10.7. The first-order chi connectivity index (χ1) is 7.29. The van der Waals surface area contributed by atoms with Crippen LogP contribution < -0.4 is 5.32 Å². The van der Waals surface area contributed by atoms with Crippen molar-refractivity contribution >= 4 is 22.9 Å². The van der Waals surface area contributed by atoms with Crippen molar-refractivity contribution in [1.82, 2.24) is 10.3 Å². The maximum Gasteiger partial charge on any atom is 0.148 e. The molecule has 1 saturated carbocycles. The van der Waals surface area contributed by atoms with Crippen molar-refractivity contribution in [3.8, 4) is 6.07 Å². The molecule has 1 N–H and O–H groups in total. The Morgan fingerprint density at radius 2 is 2.33 bits per heavy atom. The van der Waals surface area contributed by atoms with Gasteiger partial charge in [-0.25, -0.2) is 4.98 Å². The van der Waals surface area contributed by atoms with Crippen LogP contribution in [0.2, 0.25) is 4.34 Å². The molecule has 0 aliphatic heterocycles. The predicted molar refractivity (Wildman–Crippen MR) is 60.9 cm³/mol. The zero-order valence-electron chi connectivity index (χ0n) is 8.24.